The molecule has 0 atom stereocenters. The van der Waals surface area contributed by atoms with Crippen LogP contribution in [0.15, 0.2) is 12.1 Å². The van der Waals surface area contributed by atoms with E-state index < -0.39 is 0 Å². The van der Waals surface area contributed by atoms with Crippen molar-refractivity contribution in [2.24, 2.45) is 0 Å². The van der Waals surface area contributed by atoms with Gasteiger partial charge < -0.3 is 14.2 Å². The Kier molecular flexibility index (Phi) is 5.10. The number of halogens is 1. The van der Waals surface area contributed by atoms with Gasteiger partial charge in [-0.25, -0.2) is 0 Å². The Labute approximate surface area is 105 Å². The molecule has 0 amide bonds. The highest BCUT2D eigenvalue weighted by molar-refractivity contribution is 6.31. The van der Waals surface area contributed by atoms with Gasteiger partial charge in [-0.05, 0) is 18.6 Å². The standard InChI is InChI=1S/C12H15ClO4/c1-4-17-12(14)6-8-5-10(15-2)11(16-3)7-9(8)13/h5,7H,4,6H2,1-3H3. The van der Waals surface area contributed by atoms with Crippen LogP contribution in [0.3, 0.4) is 0 Å². The molecular formula is C12H15ClO4. The third-order valence-electron chi connectivity index (χ3n) is 2.19. The highest BCUT2D eigenvalue weighted by Crippen LogP contribution is 2.33. The lowest BCUT2D eigenvalue weighted by Crippen LogP contribution is -2.08. The maximum absolute atomic E-state index is 11.4. The van der Waals surface area contributed by atoms with Crippen molar-refractivity contribution in [3.05, 3.63) is 22.7 Å². The van der Waals surface area contributed by atoms with Gasteiger partial charge >= 0.3 is 5.97 Å². The molecule has 0 unspecified atom stereocenters. The summed E-state index contributed by atoms with van der Waals surface area (Å²) < 4.78 is 15.1. The van der Waals surface area contributed by atoms with Gasteiger partial charge in [0.05, 0.1) is 27.2 Å². The van der Waals surface area contributed by atoms with Crippen molar-refractivity contribution < 1.29 is 19.0 Å². The summed E-state index contributed by atoms with van der Waals surface area (Å²) in [4.78, 5) is 11.4. The second-order valence-corrected chi connectivity index (χ2v) is 3.69. The van der Waals surface area contributed by atoms with Crippen LogP contribution in [0.1, 0.15) is 12.5 Å². The molecule has 0 fully saturated rings. The van der Waals surface area contributed by atoms with Crippen LogP contribution in [-0.4, -0.2) is 26.8 Å². The SMILES string of the molecule is CCOC(=O)Cc1cc(OC)c(OC)cc1Cl. The number of benzene rings is 1. The van der Waals surface area contributed by atoms with E-state index in [1.54, 1.807) is 19.1 Å². The Balaban J connectivity index is 2.96. The molecule has 0 bridgehead atoms. The summed E-state index contributed by atoms with van der Waals surface area (Å²) >= 11 is 6.04. The minimum atomic E-state index is -0.318. The number of hydrogen-bond acceptors (Lipinski definition) is 4. The van der Waals surface area contributed by atoms with Crippen molar-refractivity contribution in [2.75, 3.05) is 20.8 Å². The average molecular weight is 259 g/mol. The smallest absolute Gasteiger partial charge is 0.310 e. The molecule has 0 radical (unpaired) electrons. The lowest BCUT2D eigenvalue weighted by atomic mass is 10.1. The molecule has 0 aliphatic carbocycles. The van der Waals surface area contributed by atoms with E-state index in [1.807, 2.05) is 0 Å². The number of esters is 1. The molecule has 0 N–H and O–H groups in total. The lowest BCUT2D eigenvalue weighted by Gasteiger charge is -2.11. The van der Waals surface area contributed by atoms with Gasteiger partial charge in [0.15, 0.2) is 11.5 Å². The predicted molar refractivity (Wildman–Crippen MR) is 64.9 cm³/mol. The summed E-state index contributed by atoms with van der Waals surface area (Å²) in [5.74, 6) is 0.753. The molecule has 0 saturated carbocycles. The quantitative estimate of drug-likeness (QED) is 0.761. The summed E-state index contributed by atoms with van der Waals surface area (Å²) in [6.07, 6.45) is 0.118. The maximum Gasteiger partial charge on any atom is 0.310 e. The van der Waals surface area contributed by atoms with E-state index in [0.717, 1.165) is 0 Å². The van der Waals surface area contributed by atoms with Crippen LogP contribution in [0, 0.1) is 0 Å². The zero-order valence-corrected chi connectivity index (χ0v) is 10.8. The first-order chi connectivity index (χ1) is 8.12. The van der Waals surface area contributed by atoms with Crippen molar-refractivity contribution in [3.8, 4) is 11.5 Å². The second-order valence-electron chi connectivity index (χ2n) is 3.28. The number of methoxy groups -OCH3 is 2. The molecule has 0 spiro atoms. The maximum atomic E-state index is 11.4. The second kappa shape index (κ2) is 6.35. The molecule has 17 heavy (non-hydrogen) atoms. The van der Waals surface area contributed by atoms with E-state index in [2.05, 4.69) is 0 Å². The van der Waals surface area contributed by atoms with Crippen molar-refractivity contribution in [1.29, 1.82) is 0 Å². The molecule has 0 aromatic heterocycles. The number of rotatable bonds is 5. The zero-order chi connectivity index (χ0) is 12.8. The molecule has 0 aliphatic heterocycles. The Hall–Kier alpha value is -1.42. The van der Waals surface area contributed by atoms with Gasteiger partial charge in [0.1, 0.15) is 0 Å². The largest absolute Gasteiger partial charge is 0.493 e. The number of carbonyl (C=O) groups excluding carboxylic acids is 1. The molecule has 1 aromatic rings. The van der Waals surface area contributed by atoms with E-state index in [-0.39, 0.29) is 12.4 Å². The van der Waals surface area contributed by atoms with Gasteiger partial charge in [0.25, 0.3) is 0 Å². The molecule has 4 nitrogen and oxygen atoms in total. The Morgan fingerprint density at radius 3 is 2.35 bits per heavy atom. The average Bonchev–Trinajstić information content (AvgIpc) is 2.31. The van der Waals surface area contributed by atoms with Crippen LogP contribution in [0.2, 0.25) is 5.02 Å². The number of ether oxygens (including phenoxy) is 3. The number of carbonyl (C=O) groups is 1. The molecule has 1 aromatic carbocycles. The first-order valence-corrected chi connectivity index (χ1v) is 5.56. The van der Waals surface area contributed by atoms with Crippen LogP contribution in [0.4, 0.5) is 0 Å². The fourth-order valence-corrected chi connectivity index (χ4v) is 1.62. The first kappa shape index (κ1) is 13.6. The molecule has 1 rings (SSSR count). The van der Waals surface area contributed by atoms with Crippen molar-refractivity contribution >= 4 is 17.6 Å². The van der Waals surface area contributed by atoms with Crippen LogP contribution < -0.4 is 9.47 Å². The molecule has 94 valence electrons. The van der Waals surface area contributed by atoms with Gasteiger partial charge in [-0.2, -0.15) is 0 Å². The zero-order valence-electron chi connectivity index (χ0n) is 10.1. The van der Waals surface area contributed by atoms with Crippen LogP contribution in [-0.2, 0) is 16.0 Å². The summed E-state index contributed by atoms with van der Waals surface area (Å²) in [7, 11) is 3.05. The van der Waals surface area contributed by atoms with Crippen LogP contribution in [0.25, 0.3) is 0 Å². The molecule has 5 heteroatoms. The third kappa shape index (κ3) is 3.53. The Morgan fingerprint density at radius 1 is 1.24 bits per heavy atom. The van der Waals surface area contributed by atoms with Crippen molar-refractivity contribution in [3.63, 3.8) is 0 Å². The van der Waals surface area contributed by atoms with E-state index >= 15 is 0 Å². The van der Waals surface area contributed by atoms with E-state index in [1.165, 1.54) is 14.2 Å². The van der Waals surface area contributed by atoms with E-state index in [0.29, 0.717) is 28.7 Å². The van der Waals surface area contributed by atoms with Gasteiger partial charge in [-0.15, -0.1) is 0 Å². The van der Waals surface area contributed by atoms with Gasteiger partial charge in [0, 0.05) is 11.1 Å². The summed E-state index contributed by atoms with van der Waals surface area (Å²) in [5.41, 5.74) is 0.655. The minimum Gasteiger partial charge on any atom is -0.493 e. The van der Waals surface area contributed by atoms with Gasteiger partial charge in [0.2, 0.25) is 0 Å². The number of hydrogen-bond donors (Lipinski definition) is 0. The fraction of sp³-hybridized carbons (Fsp3) is 0.417. The molecular weight excluding hydrogens is 244 g/mol. The van der Waals surface area contributed by atoms with Gasteiger partial charge in [-0.3, -0.25) is 4.79 Å². The molecule has 0 heterocycles. The Bertz CT molecular complexity index is 404. The normalized spacial score (nSPS) is 9.88. The van der Waals surface area contributed by atoms with Crippen LogP contribution >= 0.6 is 11.6 Å². The van der Waals surface area contributed by atoms with Gasteiger partial charge in [-0.1, -0.05) is 11.6 Å². The predicted octanol–water partition coefficient (Wildman–Crippen LogP) is 2.46. The van der Waals surface area contributed by atoms with Crippen LogP contribution in [0.5, 0.6) is 11.5 Å². The summed E-state index contributed by atoms with van der Waals surface area (Å²) in [5, 5.41) is 0.454. The minimum absolute atomic E-state index is 0.118. The van der Waals surface area contributed by atoms with E-state index in [4.69, 9.17) is 25.8 Å². The first-order valence-electron chi connectivity index (χ1n) is 5.18. The Morgan fingerprint density at radius 2 is 1.82 bits per heavy atom. The molecule has 0 aliphatic rings. The van der Waals surface area contributed by atoms with Crippen molar-refractivity contribution in [2.45, 2.75) is 13.3 Å². The summed E-state index contributed by atoms with van der Waals surface area (Å²) in [6.45, 7) is 2.11. The third-order valence-corrected chi connectivity index (χ3v) is 2.54. The molecule has 0 saturated heterocycles. The van der Waals surface area contributed by atoms with Crippen molar-refractivity contribution in [1.82, 2.24) is 0 Å². The lowest BCUT2D eigenvalue weighted by molar-refractivity contribution is -0.142. The highest BCUT2D eigenvalue weighted by Gasteiger charge is 2.13. The van der Waals surface area contributed by atoms with E-state index in [9.17, 15) is 4.79 Å². The monoisotopic (exact) mass is 258 g/mol. The topological polar surface area (TPSA) is 44.8 Å². The highest BCUT2D eigenvalue weighted by atomic mass is 35.5. The summed E-state index contributed by atoms with van der Waals surface area (Å²) in [6, 6.07) is 3.30. The fourth-order valence-electron chi connectivity index (χ4n) is 1.40.